The van der Waals surface area contributed by atoms with Crippen molar-refractivity contribution in [2.75, 3.05) is 6.54 Å². The van der Waals surface area contributed by atoms with Crippen LogP contribution in [0, 0.1) is 17.6 Å². The smallest absolute Gasteiger partial charge is 0.309 e. The fraction of sp³-hybridized carbons (Fsp3) is 0.421. The molecule has 46 heavy (non-hydrogen) atoms. The van der Waals surface area contributed by atoms with E-state index >= 15 is 0 Å². The van der Waals surface area contributed by atoms with Crippen LogP contribution < -0.4 is 10.6 Å². The third-order valence-electron chi connectivity index (χ3n) is 8.83. The number of hydrogen-bond donors (Lipinski definition) is 3. The lowest BCUT2D eigenvalue weighted by atomic mass is 9.85. The van der Waals surface area contributed by atoms with Gasteiger partial charge >= 0.3 is 5.97 Å². The maximum Gasteiger partial charge on any atom is 0.309 e. The average Bonchev–Trinajstić information content (AvgIpc) is 3.44. The molecule has 0 bridgehead atoms. The number of fused-ring (bicyclic) bond motifs is 1. The van der Waals surface area contributed by atoms with Crippen LogP contribution in [0.3, 0.4) is 0 Å². The second kappa shape index (κ2) is 15.0. The van der Waals surface area contributed by atoms with Crippen molar-refractivity contribution in [3.05, 3.63) is 107 Å². The quantitative estimate of drug-likeness (QED) is 0.112. The van der Waals surface area contributed by atoms with E-state index in [2.05, 4.69) is 21.7 Å². The van der Waals surface area contributed by atoms with Crippen molar-refractivity contribution < 1.29 is 23.1 Å². The van der Waals surface area contributed by atoms with Crippen molar-refractivity contribution in [2.24, 2.45) is 5.92 Å². The molecule has 0 aliphatic heterocycles. The summed E-state index contributed by atoms with van der Waals surface area (Å²) < 4.78 is 32.9. The summed E-state index contributed by atoms with van der Waals surface area (Å²) in [5, 5.41) is 7.88. The summed E-state index contributed by atoms with van der Waals surface area (Å²) in [6.45, 7) is 6.13. The first kappa shape index (κ1) is 33.3. The van der Waals surface area contributed by atoms with E-state index < -0.39 is 11.6 Å². The molecule has 6 nitrogen and oxygen atoms in total. The summed E-state index contributed by atoms with van der Waals surface area (Å²) in [6, 6.07) is 20.6. The highest BCUT2D eigenvalue weighted by molar-refractivity contribution is 5.86. The largest absolute Gasteiger partial charge is 0.460 e. The van der Waals surface area contributed by atoms with Crippen LogP contribution in [0.4, 0.5) is 8.78 Å². The van der Waals surface area contributed by atoms with E-state index in [-0.39, 0.29) is 41.4 Å². The predicted molar refractivity (Wildman–Crippen MR) is 177 cm³/mol. The second-order valence-corrected chi connectivity index (χ2v) is 13.5. The Morgan fingerprint density at radius 1 is 0.891 bits per heavy atom. The van der Waals surface area contributed by atoms with Gasteiger partial charge in [-0.3, -0.25) is 9.59 Å². The Bertz CT molecular complexity index is 1540. The van der Waals surface area contributed by atoms with Gasteiger partial charge in [-0.15, -0.1) is 0 Å². The Labute approximate surface area is 270 Å². The number of aromatic nitrogens is 1. The number of esters is 1. The zero-order valence-electron chi connectivity index (χ0n) is 27.0. The average molecular weight is 630 g/mol. The fourth-order valence-corrected chi connectivity index (χ4v) is 6.47. The first-order valence-electron chi connectivity index (χ1n) is 16.4. The molecule has 0 saturated heterocycles. The van der Waals surface area contributed by atoms with E-state index in [1.54, 1.807) is 24.3 Å². The lowest BCUT2D eigenvalue weighted by Crippen LogP contribution is -2.51. The number of benzene rings is 3. The van der Waals surface area contributed by atoms with Gasteiger partial charge in [0.05, 0.1) is 12.0 Å². The van der Waals surface area contributed by atoms with E-state index in [0.29, 0.717) is 25.8 Å². The van der Waals surface area contributed by atoms with Gasteiger partial charge in [-0.1, -0.05) is 42.5 Å². The van der Waals surface area contributed by atoms with Crippen LogP contribution in [-0.2, 0) is 20.7 Å². The summed E-state index contributed by atoms with van der Waals surface area (Å²) in [4.78, 5) is 29.7. The maximum atomic E-state index is 13.7. The molecule has 4 aromatic rings. The highest BCUT2D eigenvalue weighted by Gasteiger charge is 2.32. The standard InChI is InChI=1S/C38H45F2N3O3/c1-38(2,3)46-37(45)27-14-20-31(21-15-27)43-35(23-28-24-42-34-9-5-4-7-33(28)34)36(44)41-22-6-8-32(25-10-16-29(39)17-11-25)26-12-18-30(40)19-13-26/h4-5,7,9-13,16-19,24,27,31-32,35,42-43H,6,8,14-15,20-23H2,1-3H3,(H,41,44)/t27?,31?,35-/m0/s1. The molecule has 244 valence electrons. The predicted octanol–water partition coefficient (Wildman–Crippen LogP) is 7.58. The van der Waals surface area contributed by atoms with Crippen molar-refractivity contribution in [1.82, 2.24) is 15.6 Å². The monoisotopic (exact) mass is 629 g/mol. The number of para-hydroxylation sites is 1. The Hall–Kier alpha value is -4.04. The number of halogens is 2. The molecule has 1 heterocycles. The van der Waals surface area contributed by atoms with Gasteiger partial charge in [-0.2, -0.15) is 0 Å². The molecular formula is C38H45F2N3O3. The summed E-state index contributed by atoms with van der Waals surface area (Å²) in [5.74, 6) is -0.994. The molecule has 3 aromatic carbocycles. The molecule has 1 fully saturated rings. The zero-order valence-corrected chi connectivity index (χ0v) is 27.0. The number of amides is 1. The Balaban J connectivity index is 1.22. The van der Waals surface area contributed by atoms with E-state index in [1.807, 2.05) is 45.2 Å². The molecule has 3 N–H and O–H groups in total. The van der Waals surface area contributed by atoms with Crippen LogP contribution in [0.2, 0.25) is 0 Å². The van der Waals surface area contributed by atoms with Crippen LogP contribution in [0.25, 0.3) is 10.9 Å². The molecule has 0 radical (unpaired) electrons. The van der Waals surface area contributed by atoms with Crippen molar-refractivity contribution in [2.45, 2.75) is 89.3 Å². The van der Waals surface area contributed by atoms with Crippen LogP contribution in [0.5, 0.6) is 0 Å². The van der Waals surface area contributed by atoms with Gasteiger partial charge in [-0.25, -0.2) is 8.78 Å². The number of hydrogen-bond acceptors (Lipinski definition) is 4. The minimum absolute atomic E-state index is 0.0570. The lowest BCUT2D eigenvalue weighted by Gasteiger charge is -2.32. The number of rotatable bonds is 12. The van der Waals surface area contributed by atoms with E-state index in [9.17, 15) is 18.4 Å². The minimum atomic E-state index is -0.507. The second-order valence-electron chi connectivity index (χ2n) is 13.5. The number of ether oxygens (including phenoxy) is 1. The van der Waals surface area contributed by atoms with Crippen molar-refractivity contribution in [3.63, 3.8) is 0 Å². The third-order valence-corrected chi connectivity index (χ3v) is 8.83. The minimum Gasteiger partial charge on any atom is -0.460 e. The number of carbonyl (C=O) groups excluding carboxylic acids is 2. The molecular weight excluding hydrogens is 584 g/mol. The van der Waals surface area contributed by atoms with Gasteiger partial charge in [-0.05, 0) is 113 Å². The Morgan fingerprint density at radius 2 is 1.50 bits per heavy atom. The van der Waals surface area contributed by atoms with Gasteiger partial charge in [0.25, 0.3) is 0 Å². The first-order valence-corrected chi connectivity index (χ1v) is 16.4. The number of aromatic amines is 1. The summed E-state index contributed by atoms with van der Waals surface area (Å²) in [5.41, 5.74) is 3.48. The normalized spacial score (nSPS) is 17.6. The highest BCUT2D eigenvalue weighted by Crippen LogP contribution is 2.30. The molecule has 1 saturated carbocycles. The van der Waals surface area contributed by atoms with Crippen LogP contribution in [0.15, 0.2) is 79.0 Å². The van der Waals surface area contributed by atoms with Gasteiger partial charge in [0, 0.05) is 35.6 Å². The Morgan fingerprint density at radius 3 is 2.11 bits per heavy atom. The molecule has 8 heteroatoms. The van der Waals surface area contributed by atoms with Crippen molar-refractivity contribution in [3.8, 4) is 0 Å². The van der Waals surface area contributed by atoms with Crippen LogP contribution in [0.1, 0.15) is 81.9 Å². The molecule has 1 aliphatic carbocycles. The van der Waals surface area contributed by atoms with Gasteiger partial charge in [0.2, 0.25) is 5.91 Å². The van der Waals surface area contributed by atoms with E-state index in [0.717, 1.165) is 53.3 Å². The Kier molecular flexibility index (Phi) is 10.9. The number of nitrogens with one attached hydrogen (secondary N) is 3. The van der Waals surface area contributed by atoms with Gasteiger partial charge < -0.3 is 20.4 Å². The highest BCUT2D eigenvalue weighted by atomic mass is 19.1. The zero-order chi connectivity index (χ0) is 32.7. The molecule has 1 aromatic heterocycles. The van der Waals surface area contributed by atoms with Crippen LogP contribution in [-0.4, -0.2) is 41.1 Å². The molecule has 1 amide bonds. The maximum absolute atomic E-state index is 13.7. The third kappa shape index (κ3) is 9.03. The number of carbonyl (C=O) groups is 2. The van der Waals surface area contributed by atoms with Crippen molar-refractivity contribution in [1.29, 1.82) is 0 Å². The topological polar surface area (TPSA) is 83.2 Å². The van der Waals surface area contributed by atoms with E-state index in [4.69, 9.17) is 4.74 Å². The first-order chi connectivity index (χ1) is 22.1. The van der Waals surface area contributed by atoms with E-state index in [1.165, 1.54) is 24.3 Å². The van der Waals surface area contributed by atoms with Crippen LogP contribution >= 0.6 is 0 Å². The summed E-state index contributed by atoms with van der Waals surface area (Å²) >= 11 is 0. The molecule has 1 aliphatic rings. The van der Waals surface area contributed by atoms with Gasteiger partial charge in [0.15, 0.2) is 0 Å². The van der Waals surface area contributed by atoms with Gasteiger partial charge in [0.1, 0.15) is 17.2 Å². The molecule has 1 atom stereocenters. The molecule has 5 rings (SSSR count). The fourth-order valence-electron chi connectivity index (χ4n) is 6.47. The molecule has 0 spiro atoms. The molecule has 0 unspecified atom stereocenters. The summed E-state index contributed by atoms with van der Waals surface area (Å²) in [6.07, 6.45) is 6.91. The number of H-pyrrole nitrogens is 1. The van der Waals surface area contributed by atoms with Crippen molar-refractivity contribution >= 4 is 22.8 Å². The lowest BCUT2D eigenvalue weighted by molar-refractivity contribution is -0.161. The summed E-state index contributed by atoms with van der Waals surface area (Å²) in [7, 11) is 0. The SMILES string of the molecule is CC(C)(C)OC(=O)C1CCC(N[C@@H](Cc2c[nH]c3ccccc23)C(=O)NCCCC(c2ccc(F)cc2)c2ccc(F)cc2)CC1.